The van der Waals surface area contributed by atoms with E-state index in [2.05, 4.69) is 5.16 Å². The Labute approximate surface area is 134 Å². The first-order valence-corrected chi connectivity index (χ1v) is 8.35. The Hall–Kier alpha value is -1.63. The third-order valence-corrected chi connectivity index (χ3v) is 5.87. The number of amides is 1. The number of aliphatic carboxylic acids is 1. The SMILES string of the molecule is C[C@]1(C(=O)N2CCCC3(CC(C(=O)O)=NO3)C2)C[C@H]2CC[C@@H]1O2. The largest absolute Gasteiger partial charge is 0.477 e. The minimum atomic E-state index is -1.04. The van der Waals surface area contributed by atoms with Crippen LogP contribution in [0.25, 0.3) is 0 Å². The Bertz CT molecular complexity index is 591. The van der Waals surface area contributed by atoms with E-state index in [9.17, 15) is 9.59 Å². The van der Waals surface area contributed by atoms with Crippen molar-refractivity contribution in [1.82, 2.24) is 4.90 Å². The molecule has 4 atom stereocenters. The van der Waals surface area contributed by atoms with E-state index >= 15 is 0 Å². The number of carbonyl (C=O) groups is 2. The summed E-state index contributed by atoms with van der Waals surface area (Å²) in [6.45, 7) is 3.12. The zero-order valence-electron chi connectivity index (χ0n) is 13.3. The average Bonchev–Trinajstić information content (AvgIpc) is 3.21. The van der Waals surface area contributed by atoms with Crippen LogP contribution in [-0.4, -0.2) is 58.5 Å². The van der Waals surface area contributed by atoms with Gasteiger partial charge in [0, 0.05) is 13.0 Å². The first kappa shape index (κ1) is 14.9. The highest BCUT2D eigenvalue weighted by atomic mass is 16.7. The predicted octanol–water partition coefficient (Wildman–Crippen LogP) is 1.17. The molecule has 4 heterocycles. The van der Waals surface area contributed by atoms with Gasteiger partial charge >= 0.3 is 5.97 Å². The minimum Gasteiger partial charge on any atom is -0.477 e. The fraction of sp³-hybridized carbons (Fsp3) is 0.812. The average molecular weight is 322 g/mol. The Morgan fingerprint density at radius 3 is 2.83 bits per heavy atom. The van der Waals surface area contributed by atoms with E-state index in [0.29, 0.717) is 13.1 Å². The maximum atomic E-state index is 13.1. The Morgan fingerprint density at radius 1 is 1.39 bits per heavy atom. The number of piperidine rings is 1. The molecule has 0 aromatic rings. The van der Waals surface area contributed by atoms with Gasteiger partial charge in [0.05, 0.1) is 24.2 Å². The van der Waals surface area contributed by atoms with Crippen molar-refractivity contribution in [2.75, 3.05) is 13.1 Å². The smallest absolute Gasteiger partial charge is 0.353 e. The number of carboxylic acid groups (broad SMARTS) is 1. The lowest BCUT2D eigenvalue weighted by Crippen LogP contribution is -2.55. The van der Waals surface area contributed by atoms with Crippen LogP contribution in [0.5, 0.6) is 0 Å². The molecule has 1 spiro atoms. The van der Waals surface area contributed by atoms with Gasteiger partial charge in [-0.15, -0.1) is 0 Å². The summed E-state index contributed by atoms with van der Waals surface area (Å²) < 4.78 is 5.89. The summed E-state index contributed by atoms with van der Waals surface area (Å²) in [5.74, 6) is -0.921. The minimum absolute atomic E-state index is 0.0215. The second kappa shape index (κ2) is 4.93. The summed E-state index contributed by atoms with van der Waals surface area (Å²) in [6.07, 6.45) is 4.84. The molecule has 23 heavy (non-hydrogen) atoms. The zero-order valence-corrected chi connectivity index (χ0v) is 13.3. The molecule has 4 aliphatic rings. The molecule has 1 amide bonds. The molecule has 4 rings (SSSR count). The lowest BCUT2D eigenvalue weighted by atomic mass is 9.74. The monoisotopic (exact) mass is 322 g/mol. The number of carboxylic acids is 1. The zero-order chi connectivity index (χ0) is 16.2. The molecule has 1 N–H and O–H groups in total. The van der Waals surface area contributed by atoms with Gasteiger partial charge in [-0.05, 0) is 39.0 Å². The number of likely N-dealkylation sites (tertiary alicyclic amines) is 1. The third-order valence-electron chi connectivity index (χ3n) is 5.87. The predicted molar refractivity (Wildman–Crippen MR) is 79.9 cm³/mol. The molecule has 7 nitrogen and oxygen atoms in total. The highest BCUT2D eigenvalue weighted by Gasteiger charge is 2.56. The Balaban J connectivity index is 1.48. The van der Waals surface area contributed by atoms with Crippen LogP contribution in [0.15, 0.2) is 5.16 Å². The van der Waals surface area contributed by atoms with E-state index in [4.69, 9.17) is 14.7 Å². The highest BCUT2D eigenvalue weighted by Crippen LogP contribution is 2.49. The second-order valence-corrected chi connectivity index (χ2v) is 7.57. The van der Waals surface area contributed by atoms with E-state index in [-0.39, 0.29) is 30.2 Å². The van der Waals surface area contributed by atoms with E-state index in [1.807, 2.05) is 11.8 Å². The van der Waals surface area contributed by atoms with Gasteiger partial charge in [-0.25, -0.2) is 4.79 Å². The van der Waals surface area contributed by atoms with Crippen LogP contribution in [-0.2, 0) is 19.2 Å². The van der Waals surface area contributed by atoms with E-state index in [1.54, 1.807) is 0 Å². The number of hydrogen-bond acceptors (Lipinski definition) is 5. The van der Waals surface area contributed by atoms with Crippen molar-refractivity contribution in [3.63, 3.8) is 0 Å². The lowest BCUT2D eigenvalue weighted by molar-refractivity contribution is -0.153. The third kappa shape index (κ3) is 2.24. The molecule has 126 valence electrons. The van der Waals surface area contributed by atoms with Gasteiger partial charge in [0.25, 0.3) is 0 Å². The summed E-state index contributed by atoms with van der Waals surface area (Å²) in [5.41, 5.74) is -1.05. The van der Waals surface area contributed by atoms with Gasteiger partial charge < -0.3 is 19.6 Å². The summed E-state index contributed by atoms with van der Waals surface area (Å²) in [5, 5.41) is 12.8. The number of fused-ring (bicyclic) bond motifs is 2. The van der Waals surface area contributed by atoms with Crippen molar-refractivity contribution >= 4 is 17.6 Å². The number of nitrogens with zero attached hydrogens (tertiary/aromatic N) is 2. The number of carbonyl (C=O) groups excluding carboxylic acids is 1. The quantitative estimate of drug-likeness (QED) is 0.824. The first-order valence-electron chi connectivity index (χ1n) is 8.35. The van der Waals surface area contributed by atoms with E-state index in [1.165, 1.54) is 0 Å². The molecule has 3 saturated heterocycles. The molecular weight excluding hydrogens is 300 g/mol. The van der Waals surface area contributed by atoms with Gasteiger partial charge in [0.15, 0.2) is 11.3 Å². The van der Waals surface area contributed by atoms with Gasteiger partial charge in [-0.3, -0.25) is 4.79 Å². The normalized spacial score (nSPS) is 42.0. The summed E-state index contributed by atoms with van der Waals surface area (Å²) in [4.78, 5) is 31.5. The molecule has 0 radical (unpaired) electrons. The van der Waals surface area contributed by atoms with Crippen molar-refractivity contribution in [1.29, 1.82) is 0 Å². The number of hydrogen-bond donors (Lipinski definition) is 1. The molecule has 0 aliphatic carbocycles. The van der Waals surface area contributed by atoms with Crippen LogP contribution in [0.4, 0.5) is 0 Å². The fourth-order valence-electron chi connectivity index (χ4n) is 4.64. The van der Waals surface area contributed by atoms with Crippen molar-refractivity contribution in [3.8, 4) is 0 Å². The van der Waals surface area contributed by atoms with Crippen molar-refractivity contribution in [2.24, 2.45) is 10.6 Å². The summed E-state index contributed by atoms with van der Waals surface area (Å²) in [6, 6.07) is 0. The first-order chi connectivity index (χ1) is 10.9. The molecular formula is C16H22N2O5. The van der Waals surface area contributed by atoms with Crippen LogP contribution in [0.2, 0.25) is 0 Å². The summed E-state index contributed by atoms with van der Waals surface area (Å²) >= 11 is 0. The maximum Gasteiger partial charge on any atom is 0.353 e. The van der Waals surface area contributed by atoms with Gasteiger partial charge in [-0.1, -0.05) is 5.16 Å². The topological polar surface area (TPSA) is 88.4 Å². The van der Waals surface area contributed by atoms with Crippen molar-refractivity contribution in [3.05, 3.63) is 0 Å². The Kier molecular flexibility index (Phi) is 3.20. The highest BCUT2D eigenvalue weighted by molar-refractivity contribution is 6.36. The van der Waals surface area contributed by atoms with E-state index < -0.39 is 17.0 Å². The van der Waals surface area contributed by atoms with Gasteiger partial charge in [0.1, 0.15) is 0 Å². The van der Waals surface area contributed by atoms with Gasteiger partial charge in [0.2, 0.25) is 5.91 Å². The summed E-state index contributed by atoms with van der Waals surface area (Å²) in [7, 11) is 0. The van der Waals surface area contributed by atoms with Gasteiger partial charge in [-0.2, -0.15) is 0 Å². The van der Waals surface area contributed by atoms with Crippen molar-refractivity contribution in [2.45, 2.75) is 63.3 Å². The van der Waals surface area contributed by atoms with Crippen LogP contribution in [0.3, 0.4) is 0 Å². The molecule has 3 fully saturated rings. The molecule has 0 saturated carbocycles. The van der Waals surface area contributed by atoms with E-state index in [0.717, 1.165) is 32.1 Å². The number of ether oxygens (including phenoxy) is 1. The standard InChI is InChI=1S/C16H22N2O5/c1-15(7-10-3-4-12(15)22-10)14(21)18-6-2-5-16(9-18)8-11(13(19)20)17-23-16/h10,12H,2-9H2,1H3,(H,19,20)/t10-,12+,15+,16?/m1/s1. The molecule has 1 unspecified atom stereocenters. The molecule has 4 aliphatic heterocycles. The van der Waals surface area contributed by atoms with Crippen LogP contribution in [0, 0.1) is 5.41 Å². The molecule has 0 aromatic carbocycles. The van der Waals surface area contributed by atoms with Crippen LogP contribution >= 0.6 is 0 Å². The Morgan fingerprint density at radius 2 is 2.22 bits per heavy atom. The molecule has 2 bridgehead atoms. The van der Waals surface area contributed by atoms with Crippen molar-refractivity contribution < 1.29 is 24.3 Å². The molecule has 7 heteroatoms. The van der Waals surface area contributed by atoms with Crippen LogP contribution in [0.1, 0.15) is 45.4 Å². The lowest BCUT2D eigenvalue weighted by Gasteiger charge is -2.42. The molecule has 0 aromatic heterocycles. The fourth-order valence-corrected chi connectivity index (χ4v) is 4.64. The number of rotatable bonds is 2. The number of oxime groups is 1. The van der Waals surface area contributed by atoms with Crippen LogP contribution < -0.4 is 0 Å². The maximum absolute atomic E-state index is 13.1. The second-order valence-electron chi connectivity index (χ2n) is 7.57.